The molecule has 33 heavy (non-hydrogen) atoms. The number of hydrogen-bond donors (Lipinski definition) is 3. The van der Waals surface area contributed by atoms with Crippen molar-refractivity contribution < 1.29 is 14.3 Å². The lowest BCUT2D eigenvalue weighted by Gasteiger charge is -2.14. The van der Waals surface area contributed by atoms with Crippen LogP contribution in [-0.2, 0) is 4.79 Å². The first kappa shape index (κ1) is 23.1. The summed E-state index contributed by atoms with van der Waals surface area (Å²) in [4.78, 5) is 25.2. The Bertz CT molecular complexity index is 1100. The summed E-state index contributed by atoms with van der Waals surface area (Å²) in [6.07, 6.45) is 4.30. The molecule has 0 atom stereocenters. The van der Waals surface area contributed by atoms with E-state index in [1.54, 1.807) is 31.4 Å². The predicted molar refractivity (Wildman–Crippen MR) is 132 cm³/mol. The van der Waals surface area contributed by atoms with Crippen molar-refractivity contribution in [2.45, 2.75) is 36.1 Å². The predicted octanol–water partition coefficient (Wildman–Crippen LogP) is 4.69. The molecule has 0 spiro atoms. The van der Waals surface area contributed by atoms with E-state index >= 15 is 0 Å². The molecular weight excluding hydrogens is 458 g/mol. The molecule has 1 aliphatic rings. The van der Waals surface area contributed by atoms with Gasteiger partial charge in [-0.25, -0.2) is 0 Å². The fourth-order valence-electron chi connectivity index (χ4n) is 3.55. The van der Waals surface area contributed by atoms with Crippen molar-refractivity contribution in [3.8, 4) is 5.75 Å². The van der Waals surface area contributed by atoms with Crippen LogP contribution in [0.4, 0.5) is 16.5 Å². The quantitative estimate of drug-likeness (QED) is 0.379. The summed E-state index contributed by atoms with van der Waals surface area (Å²) in [5, 5.41) is 18.0. The Morgan fingerprint density at radius 3 is 2.61 bits per heavy atom. The molecule has 3 N–H and O–H groups in total. The third-order valence-electron chi connectivity index (χ3n) is 5.21. The van der Waals surface area contributed by atoms with E-state index in [4.69, 9.17) is 4.74 Å². The van der Waals surface area contributed by atoms with Crippen LogP contribution < -0.4 is 20.7 Å². The Hall–Kier alpha value is -3.11. The lowest BCUT2D eigenvalue weighted by molar-refractivity contribution is -0.113. The van der Waals surface area contributed by atoms with Crippen LogP contribution in [0.1, 0.15) is 36.0 Å². The molecule has 2 aromatic carbocycles. The van der Waals surface area contributed by atoms with Crippen molar-refractivity contribution in [2.24, 2.45) is 0 Å². The van der Waals surface area contributed by atoms with Gasteiger partial charge in [-0.1, -0.05) is 48.1 Å². The number of hydrogen-bond acceptors (Lipinski definition) is 8. The normalized spacial score (nSPS) is 13.5. The maximum absolute atomic E-state index is 12.7. The molecule has 1 fully saturated rings. The molecule has 10 heteroatoms. The molecule has 0 bridgehead atoms. The van der Waals surface area contributed by atoms with E-state index in [9.17, 15) is 9.59 Å². The SMILES string of the molecule is COc1ccc(Nc2nnc(SCC(=O)Nc3ccccc3C(=O)NC3CCCC3)s2)cc1. The van der Waals surface area contributed by atoms with Crippen molar-refractivity contribution in [3.05, 3.63) is 54.1 Å². The molecule has 172 valence electrons. The summed E-state index contributed by atoms with van der Waals surface area (Å²) in [5.74, 6) is 0.581. The average Bonchev–Trinajstić information content (AvgIpc) is 3.51. The van der Waals surface area contributed by atoms with Gasteiger partial charge >= 0.3 is 0 Å². The summed E-state index contributed by atoms with van der Waals surface area (Å²) in [6.45, 7) is 0. The van der Waals surface area contributed by atoms with E-state index in [-0.39, 0.29) is 23.6 Å². The highest BCUT2D eigenvalue weighted by Crippen LogP contribution is 2.28. The summed E-state index contributed by atoms with van der Waals surface area (Å²) in [5.41, 5.74) is 1.86. The number of ether oxygens (including phenoxy) is 1. The van der Waals surface area contributed by atoms with Crippen molar-refractivity contribution in [1.82, 2.24) is 15.5 Å². The molecule has 0 unspecified atom stereocenters. The van der Waals surface area contributed by atoms with Gasteiger partial charge in [-0.3, -0.25) is 9.59 Å². The standard InChI is InChI=1S/C23H25N5O3S2/c1-31-17-12-10-16(11-13-17)25-22-27-28-23(33-22)32-14-20(29)26-19-9-5-4-8-18(19)21(30)24-15-6-2-3-7-15/h4-5,8-13,15H,2-3,6-7,14H2,1H3,(H,24,30)(H,25,27)(H,26,29). The number of amides is 2. The van der Waals surface area contributed by atoms with Crippen LogP contribution in [0.15, 0.2) is 52.9 Å². The molecule has 1 saturated carbocycles. The first-order valence-electron chi connectivity index (χ1n) is 10.7. The zero-order valence-electron chi connectivity index (χ0n) is 18.2. The van der Waals surface area contributed by atoms with Gasteiger partial charge in [0.2, 0.25) is 11.0 Å². The molecular formula is C23H25N5O3S2. The number of nitrogens with one attached hydrogen (secondary N) is 3. The number of benzene rings is 2. The number of anilines is 3. The molecule has 0 radical (unpaired) electrons. The second-order valence-corrected chi connectivity index (χ2v) is 9.76. The van der Waals surface area contributed by atoms with E-state index in [1.807, 2.05) is 24.3 Å². The third kappa shape index (κ3) is 6.45. The highest BCUT2D eigenvalue weighted by atomic mass is 32.2. The van der Waals surface area contributed by atoms with Gasteiger partial charge in [0.15, 0.2) is 4.34 Å². The molecule has 2 amide bonds. The monoisotopic (exact) mass is 483 g/mol. The largest absolute Gasteiger partial charge is 0.497 e. The maximum atomic E-state index is 12.7. The van der Waals surface area contributed by atoms with E-state index in [0.717, 1.165) is 37.1 Å². The van der Waals surface area contributed by atoms with Crippen LogP contribution in [-0.4, -0.2) is 40.9 Å². The minimum atomic E-state index is -0.207. The zero-order chi connectivity index (χ0) is 23.0. The molecule has 1 aromatic heterocycles. The number of carbonyl (C=O) groups excluding carboxylic acids is 2. The Labute approximate surface area is 200 Å². The molecule has 1 heterocycles. The number of carbonyl (C=O) groups is 2. The van der Waals surface area contributed by atoms with Crippen LogP contribution >= 0.6 is 23.1 Å². The van der Waals surface area contributed by atoms with Gasteiger partial charge in [0.1, 0.15) is 5.75 Å². The minimum absolute atomic E-state index is 0.149. The van der Waals surface area contributed by atoms with Crippen LogP contribution in [0, 0.1) is 0 Å². The maximum Gasteiger partial charge on any atom is 0.253 e. The minimum Gasteiger partial charge on any atom is -0.497 e. The highest BCUT2D eigenvalue weighted by molar-refractivity contribution is 8.01. The lowest BCUT2D eigenvalue weighted by atomic mass is 10.1. The van der Waals surface area contributed by atoms with Gasteiger partial charge in [0.05, 0.1) is 24.1 Å². The van der Waals surface area contributed by atoms with Gasteiger partial charge in [0.25, 0.3) is 5.91 Å². The summed E-state index contributed by atoms with van der Waals surface area (Å²) >= 11 is 2.66. The Balaban J connectivity index is 1.29. The molecule has 1 aliphatic carbocycles. The molecule has 4 rings (SSSR count). The van der Waals surface area contributed by atoms with Gasteiger partial charge in [-0.05, 0) is 49.2 Å². The summed E-state index contributed by atoms with van der Waals surface area (Å²) in [6, 6.07) is 14.8. The summed E-state index contributed by atoms with van der Waals surface area (Å²) < 4.78 is 5.83. The Kier molecular flexibility index (Phi) is 7.79. The summed E-state index contributed by atoms with van der Waals surface area (Å²) in [7, 11) is 1.62. The highest BCUT2D eigenvalue weighted by Gasteiger charge is 2.20. The molecule has 8 nitrogen and oxygen atoms in total. The number of thioether (sulfide) groups is 1. The van der Waals surface area contributed by atoms with Gasteiger partial charge < -0.3 is 20.7 Å². The number of nitrogens with zero attached hydrogens (tertiary/aromatic N) is 2. The first-order valence-corrected chi connectivity index (χ1v) is 12.5. The Morgan fingerprint density at radius 2 is 1.85 bits per heavy atom. The van der Waals surface area contributed by atoms with Crippen LogP contribution in [0.5, 0.6) is 5.75 Å². The zero-order valence-corrected chi connectivity index (χ0v) is 19.8. The fraction of sp³-hybridized carbons (Fsp3) is 0.304. The van der Waals surface area contributed by atoms with Crippen molar-refractivity contribution in [1.29, 1.82) is 0 Å². The van der Waals surface area contributed by atoms with Crippen LogP contribution in [0.3, 0.4) is 0 Å². The van der Waals surface area contributed by atoms with Crippen molar-refractivity contribution in [3.63, 3.8) is 0 Å². The number of rotatable bonds is 9. The molecule has 0 aliphatic heterocycles. The Morgan fingerprint density at radius 1 is 1.09 bits per heavy atom. The first-order chi connectivity index (χ1) is 16.1. The molecule has 3 aromatic rings. The second-order valence-electron chi connectivity index (χ2n) is 7.56. The fourth-order valence-corrected chi connectivity index (χ4v) is 5.13. The van der Waals surface area contributed by atoms with E-state index in [1.165, 1.54) is 23.1 Å². The van der Waals surface area contributed by atoms with Crippen LogP contribution in [0.25, 0.3) is 0 Å². The van der Waals surface area contributed by atoms with Crippen LogP contribution in [0.2, 0.25) is 0 Å². The average molecular weight is 484 g/mol. The third-order valence-corrected chi connectivity index (χ3v) is 7.18. The topological polar surface area (TPSA) is 105 Å². The number of methoxy groups -OCH3 is 1. The van der Waals surface area contributed by atoms with Crippen molar-refractivity contribution in [2.75, 3.05) is 23.5 Å². The van der Waals surface area contributed by atoms with E-state index in [0.29, 0.717) is 20.7 Å². The van der Waals surface area contributed by atoms with E-state index in [2.05, 4.69) is 26.1 Å². The van der Waals surface area contributed by atoms with Gasteiger partial charge in [0, 0.05) is 11.7 Å². The second kappa shape index (κ2) is 11.2. The smallest absolute Gasteiger partial charge is 0.253 e. The van der Waals surface area contributed by atoms with Crippen molar-refractivity contribution >= 4 is 51.4 Å². The van der Waals surface area contributed by atoms with Gasteiger partial charge in [-0.2, -0.15) is 0 Å². The van der Waals surface area contributed by atoms with E-state index < -0.39 is 0 Å². The number of aromatic nitrogens is 2. The molecule has 0 saturated heterocycles. The van der Waals surface area contributed by atoms with Gasteiger partial charge in [-0.15, -0.1) is 10.2 Å². The lowest BCUT2D eigenvalue weighted by Crippen LogP contribution is -2.33. The number of para-hydroxylation sites is 1.